The number of likely N-dealkylation sites (N-methyl/N-ethyl adjacent to an activating group) is 1. The number of alkyl halides is 1. The molecule has 2 nitrogen and oxygen atoms in total. The Hall–Kier alpha value is -0.410. The molecule has 0 heterocycles. The van der Waals surface area contributed by atoms with Crippen LogP contribution in [0.25, 0.3) is 0 Å². The van der Waals surface area contributed by atoms with Crippen LogP contribution in [-0.2, 0) is 4.74 Å². The second kappa shape index (κ2) is 7.02. The first-order valence-corrected chi connectivity index (χ1v) is 6.32. The van der Waals surface area contributed by atoms with E-state index >= 15 is 0 Å². The van der Waals surface area contributed by atoms with Gasteiger partial charge in [-0.15, -0.1) is 0 Å². The SMILES string of the molecule is C=C1CCC(OCCN(CC)CC)C(F)C1. The first kappa shape index (κ1) is 13.7. The van der Waals surface area contributed by atoms with Crippen LogP contribution in [0.2, 0.25) is 0 Å². The first-order valence-electron chi connectivity index (χ1n) is 6.32. The Balaban J connectivity index is 2.19. The largest absolute Gasteiger partial charge is 0.374 e. The van der Waals surface area contributed by atoms with E-state index in [0.717, 1.165) is 38.0 Å². The molecule has 0 aromatic carbocycles. The van der Waals surface area contributed by atoms with Gasteiger partial charge in [-0.25, -0.2) is 4.39 Å². The maximum atomic E-state index is 13.6. The first-order chi connectivity index (χ1) is 7.67. The molecule has 1 aliphatic rings. The number of halogens is 1. The summed E-state index contributed by atoms with van der Waals surface area (Å²) in [5.41, 5.74) is 1.02. The van der Waals surface area contributed by atoms with Gasteiger partial charge in [-0.2, -0.15) is 0 Å². The molecule has 0 aromatic heterocycles. The lowest BCUT2D eigenvalue weighted by Crippen LogP contribution is -2.34. The highest BCUT2D eigenvalue weighted by Gasteiger charge is 2.26. The molecular formula is C13H24FNO. The van der Waals surface area contributed by atoms with Crippen molar-refractivity contribution in [1.29, 1.82) is 0 Å². The van der Waals surface area contributed by atoms with Crippen LogP contribution in [0, 0.1) is 0 Å². The minimum Gasteiger partial charge on any atom is -0.374 e. The standard InChI is InChI=1S/C13H24FNO/c1-4-15(5-2)8-9-16-13-7-6-11(3)10-12(13)14/h12-13H,3-10H2,1-2H3. The zero-order valence-electron chi connectivity index (χ0n) is 10.5. The van der Waals surface area contributed by atoms with Crippen molar-refractivity contribution < 1.29 is 9.13 Å². The third-order valence-electron chi connectivity index (χ3n) is 3.30. The van der Waals surface area contributed by atoms with E-state index in [-0.39, 0.29) is 6.10 Å². The minimum atomic E-state index is -0.849. The molecule has 0 spiro atoms. The molecular weight excluding hydrogens is 205 g/mol. The summed E-state index contributed by atoms with van der Waals surface area (Å²) in [5, 5.41) is 0. The molecule has 16 heavy (non-hydrogen) atoms. The van der Waals surface area contributed by atoms with Crippen molar-refractivity contribution in [3.63, 3.8) is 0 Å². The third kappa shape index (κ3) is 4.22. The Morgan fingerprint density at radius 1 is 1.44 bits per heavy atom. The van der Waals surface area contributed by atoms with Gasteiger partial charge in [-0.1, -0.05) is 26.0 Å². The summed E-state index contributed by atoms with van der Waals surface area (Å²) in [7, 11) is 0. The van der Waals surface area contributed by atoms with E-state index in [1.165, 1.54) is 0 Å². The predicted molar refractivity (Wildman–Crippen MR) is 65.4 cm³/mol. The normalized spacial score (nSPS) is 26.4. The van der Waals surface area contributed by atoms with Crippen molar-refractivity contribution in [3.05, 3.63) is 12.2 Å². The molecule has 3 heteroatoms. The van der Waals surface area contributed by atoms with E-state index < -0.39 is 6.17 Å². The van der Waals surface area contributed by atoms with Gasteiger partial charge in [0.05, 0.1) is 12.7 Å². The quantitative estimate of drug-likeness (QED) is 0.649. The van der Waals surface area contributed by atoms with Gasteiger partial charge in [-0.05, 0) is 25.9 Å². The summed E-state index contributed by atoms with van der Waals surface area (Å²) in [4.78, 5) is 2.29. The molecule has 0 radical (unpaired) electrons. The molecule has 0 aliphatic heterocycles. The Kier molecular flexibility index (Phi) is 5.99. The highest BCUT2D eigenvalue weighted by Crippen LogP contribution is 2.26. The molecule has 0 amide bonds. The lowest BCUT2D eigenvalue weighted by atomic mass is 9.92. The molecule has 2 unspecified atom stereocenters. The van der Waals surface area contributed by atoms with Crippen molar-refractivity contribution in [3.8, 4) is 0 Å². The maximum absolute atomic E-state index is 13.6. The molecule has 1 aliphatic carbocycles. The summed E-state index contributed by atoms with van der Waals surface area (Å²) in [6.45, 7) is 11.7. The Morgan fingerprint density at radius 2 is 2.12 bits per heavy atom. The second-order valence-electron chi connectivity index (χ2n) is 4.44. The lowest BCUT2D eigenvalue weighted by molar-refractivity contribution is -0.0221. The fourth-order valence-electron chi connectivity index (χ4n) is 2.10. The van der Waals surface area contributed by atoms with E-state index in [1.807, 2.05) is 0 Å². The monoisotopic (exact) mass is 229 g/mol. The van der Waals surface area contributed by atoms with Crippen molar-refractivity contribution in [2.75, 3.05) is 26.2 Å². The van der Waals surface area contributed by atoms with Gasteiger partial charge in [0.2, 0.25) is 0 Å². The zero-order chi connectivity index (χ0) is 12.0. The Labute approximate surface area is 98.5 Å². The van der Waals surface area contributed by atoms with Crippen LogP contribution < -0.4 is 0 Å². The molecule has 94 valence electrons. The molecule has 0 N–H and O–H groups in total. The van der Waals surface area contributed by atoms with Crippen molar-refractivity contribution in [1.82, 2.24) is 4.90 Å². The van der Waals surface area contributed by atoms with Gasteiger partial charge in [-0.3, -0.25) is 0 Å². The number of ether oxygens (including phenoxy) is 1. The van der Waals surface area contributed by atoms with Crippen LogP contribution in [0.1, 0.15) is 33.1 Å². The minimum absolute atomic E-state index is 0.207. The Bertz CT molecular complexity index is 216. The number of nitrogens with zero attached hydrogens (tertiary/aromatic N) is 1. The van der Waals surface area contributed by atoms with Crippen LogP contribution in [0.15, 0.2) is 12.2 Å². The van der Waals surface area contributed by atoms with Crippen LogP contribution in [0.3, 0.4) is 0 Å². The van der Waals surface area contributed by atoms with E-state index in [9.17, 15) is 4.39 Å². The summed E-state index contributed by atoms with van der Waals surface area (Å²) >= 11 is 0. The Morgan fingerprint density at radius 3 is 2.69 bits per heavy atom. The van der Waals surface area contributed by atoms with Gasteiger partial charge < -0.3 is 9.64 Å². The molecule has 1 saturated carbocycles. The highest BCUT2D eigenvalue weighted by molar-refractivity contribution is 5.02. The highest BCUT2D eigenvalue weighted by atomic mass is 19.1. The van der Waals surface area contributed by atoms with E-state index in [0.29, 0.717) is 13.0 Å². The van der Waals surface area contributed by atoms with Crippen molar-refractivity contribution in [2.24, 2.45) is 0 Å². The van der Waals surface area contributed by atoms with Gasteiger partial charge in [0, 0.05) is 13.0 Å². The van der Waals surface area contributed by atoms with Gasteiger partial charge in [0.25, 0.3) is 0 Å². The van der Waals surface area contributed by atoms with E-state index in [2.05, 4.69) is 25.3 Å². The zero-order valence-corrected chi connectivity index (χ0v) is 10.5. The number of hydrogen-bond acceptors (Lipinski definition) is 2. The summed E-state index contributed by atoms with van der Waals surface area (Å²) in [5.74, 6) is 0. The van der Waals surface area contributed by atoms with Crippen LogP contribution >= 0.6 is 0 Å². The summed E-state index contributed by atoms with van der Waals surface area (Å²) in [6.07, 6.45) is 1.13. The van der Waals surface area contributed by atoms with Gasteiger partial charge in [0.15, 0.2) is 0 Å². The molecule has 2 atom stereocenters. The maximum Gasteiger partial charge on any atom is 0.130 e. The molecule has 1 rings (SSSR count). The lowest BCUT2D eigenvalue weighted by Gasteiger charge is -2.28. The second-order valence-corrected chi connectivity index (χ2v) is 4.44. The fraction of sp³-hybridized carbons (Fsp3) is 0.846. The average Bonchev–Trinajstić information content (AvgIpc) is 2.27. The fourth-order valence-corrected chi connectivity index (χ4v) is 2.10. The van der Waals surface area contributed by atoms with Crippen molar-refractivity contribution >= 4 is 0 Å². The van der Waals surface area contributed by atoms with Crippen LogP contribution in [-0.4, -0.2) is 43.4 Å². The molecule has 0 saturated heterocycles. The topological polar surface area (TPSA) is 12.5 Å². The van der Waals surface area contributed by atoms with Gasteiger partial charge in [0.1, 0.15) is 6.17 Å². The van der Waals surface area contributed by atoms with E-state index in [4.69, 9.17) is 4.74 Å². The third-order valence-corrected chi connectivity index (χ3v) is 3.30. The predicted octanol–water partition coefficient (Wildman–Crippen LogP) is 2.79. The van der Waals surface area contributed by atoms with Crippen LogP contribution in [0.4, 0.5) is 4.39 Å². The van der Waals surface area contributed by atoms with Crippen LogP contribution in [0.5, 0.6) is 0 Å². The molecule has 0 aromatic rings. The van der Waals surface area contributed by atoms with E-state index in [1.54, 1.807) is 0 Å². The average molecular weight is 229 g/mol. The summed E-state index contributed by atoms with van der Waals surface area (Å²) < 4.78 is 19.2. The molecule has 0 bridgehead atoms. The molecule has 1 fully saturated rings. The van der Waals surface area contributed by atoms with Crippen molar-refractivity contribution in [2.45, 2.75) is 45.4 Å². The smallest absolute Gasteiger partial charge is 0.130 e. The summed E-state index contributed by atoms with van der Waals surface area (Å²) in [6, 6.07) is 0. The number of hydrogen-bond donors (Lipinski definition) is 0. The number of allylic oxidation sites excluding steroid dienone is 1. The number of rotatable bonds is 6. The van der Waals surface area contributed by atoms with Gasteiger partial charge >= 0.3 is 0 Å².